The molecule has 0 aliphatic carbocycles. The van der Waals surface area contributed by atoms with Crippen LogP contribution < -0.4 is 4.74 Å². The molecule has 0 saturated carbocycles. The second-order valence-electron chi connectivity index (χ2n) is 4.92. The Morgan fingerprint density at radius 2 is 2.05 bits per heavy atom. The van der Waals surface area contributed by atoms with E-state index in [-0.39, 0.29) is 6.10 Å². The predicted molar refractivity (Wildman–Crippen MR) is 87.8 cm³/mol. The molecule has 5 heteroatoms. The molecule has 0 saturated heterocycles. The Morgan fingerprint density at radius 1 is 1.24 bits per heavy atom. The molecule has 110 valence electrons. The van der Waals surface area contributed by atoms with Gasteiger partial charge in [0.15, 0.2) is 0 Å². The minimum atomic E-state index is -0.623. The first-order valence-corrected chi connectivity index (χ1v) is 8.38. The Labute approximate surface area is 138 Å². The van der Waals surface area contributed by atoms with Crippen LogP contribution in [0.3, 0.4) is 0 Å². The lowest BCUT2D eigenvalue weighted by atomic mass is 10.0. The van der Waals surface area contributed by atoms with Gasteiger partial charge in [-0.15, -0.1) is 11.8 Å². The second-order valence-corrected chi connectivity index (χ2v) is 6.83. The largest absolute Gasteiger partial charge is 0.486 e. The van der Waals surface area contributed by atoms with Crippen molar-refractivity contribution >= 4 is 35.0 Å². The molecular weight excluding hydrogens is 327 g/mol. The summed E-state index contributed by atoms with van der Waals surface area (Å²) in [6.07, 6.45) is -0.450. The van der Waals surface area contributed by atoms with Gasteiger partial charge in [0, 0.05) is 27.1 Å². The molecule has 0 amide bonds. The van der Waals surface area contributed by atoms with Crippen molar-refractivity contribution in [3.05, 3.63) is 58.1 Å². The van der Waals surface area contributed by atoms with Crippen molar-refractivity contribution in [2.24, 2.45) is 0 Å². The first-order chi connectivity index (χ1) is 10.1. The minimum Gasteiger partial charge on any atom is -0.486 e. The molecule has 1 heterocycles. The summed E-state index contributed by atoms with van der Waals surface area (Å²) in [7, 11) is 0. The Kier molecular flexibility index (Phi) is 4.65. The third-order valence-electron chi connectivity index (χ3n) is 3.40. The van der Waals surface area contributed by atoms with E-state index in [0.29, 0.717) is 16.5 Å². The SMILES string of the molecule is OC(Cc1cc(Cl)ccc1Cl)C1CSc2ccccc2O1. The molecule has 2 atom stereocenters. The van der Waals surface area contributed by atoms with Gasteiger partial charge in [-0.3, -0.25) is 0 Å². The van der Waals surface area contributed by atoms with Gasteiger partial charge in [-0.1, -0.05) is 35.3 Å². The van der Waals surface area contributed by atoms with Crippen LogP contribution in [0.4, 0.5) is 0 Å². The molecule has 0 radical (unpaired) electrons. The summed E-state index contributed by atoms with van der Waals surface area (Å²) < 4.78 is 5.89. The van der Waals surface area contributed by atoms with Crippen molar-refractivity contribution in [1.29, 1.82) is 0 Å². The molecule has 0 fully saturated rings. The van der Waals surface area contributed by atoms with Crippen molar-refractivity contribution in [2.45, 2.75) is 23.5 Å². The number of hydrogen-bond donors (Lipinski definition) is 1. The number of rotatable bonds is 3. The number of aliphatic hydroxyl groups is 1. The highest BCUT2D eigenvalue weighted by molar-refractivity contribution is 7.99. The Hall–Kier alpha value is -0.870. The molecule has 2 nitrogen and oxygen atoms in total. The summed E-state index contributed by atoms with van der Waals surface area (Å²) >= 11 is 13.8. The topological polar surface area (TPSA) is 29.5 Å². The van der Waals surface area contributed by atoms with Crippen molar-refractivity contribution < 1.29 is 9.84 Å². The number of hydrogen-bond acceptors (Lipinski definition) is 3. The van der Waals surface area contributed by atoms with E-state index in [4.69, 9.17) is 27.9 Å². The molecule has 2 unspecified atom stereocenters. The lowest BCUT2D eigenvalue weighted by Gasteiger charge is -2.29. The second kappa shape index (κ2) is 6.49. The third-order valence-corrected chi connectivity index (χ3v) is 5.14. The van der Waals surface area contributed by atoms with Gasteiger partial charge in [-0.05, 0) is 35.9 Å². The zero-order chi connectivity index (χ0) is 14.8. The Morgan fingerprint density at radius 3 is 2.90 bits per heavy atom. The minimum absolute atomic E-state index is 0.250. The fourth-order valence-corrected chi connectivity index (χ4v) is 3.74. The first-order valence-electron chi connectivity index (χ1n) is 6.64. The maximum absolute atomic E-state index is 10.4. The summed E-state index contributed by atoms with van der Waals surface area (Å²) in [4.78, 5) is 1.11. The lowest BCUT2D eigenvalue weighted by Crippen LogP contribution is -2.37. The summed E-state index contributed by atoms with van der Waals surface area (Å²) in [5.74, 6) is 1.55. The third kappa shape index (κ3) is 3.49. The molecule has 21 heavy (non-hydrogen) atoms. The van der Waals surface area contributed by atoms with E-state index in [2.05, 4.69) is 0 Å². The van der Waals surface area contributed by atoms with Crippen LogP contribution in [0.15, 0.2) is 47.4 Å². The van der Waals surface area contributed by atoms with E-state index >= 15 is 0 Å². The Balaban J connectivity index is 1.72. The normalized spacial score (nSPS) is 18.7. The van der Waals surface area contributed by atoms with Gasteiger partial charge >= 0.3 is 0 Å². The van der Waals surface area contributed by atoms with Crippen LogP contribution in [-0.2, 0) is 6.42 Å². The number of thioether (sulfide) groups is 1. The Bertz CT molecular complexity index is 648. The number of benzene rings is 2. The molecule has 3 rings (SSSR count). The molecule has 0 aromatic heterocycles. The molecule has 0 bridgehead atoms. The zero-order valence-electron chi connectivity index (χ0n) is 11.1. The maximum Gasteiger partial charge on any atom is 0.134 e. The molecule has 2 aromatic carbocycles. The summed E-state index contributed by atoms with van der Waals surface area (Å²) in [5.41, 5.74) is 0.837. The first kappa shape index (κ1) is 15.0. The highest BCUT2D eigenvalue weighted by Gasteiger charge is 2.27. The predicted octanol–water partition coefficient (Wildman–Crippen LogP) is 4.45. The van der Waals surface area contributed by atoms with Crippen LogP contribution in [-0.4, -0.2) is 23.1 Å². The maximum atomic E-state index is 10.4. The molecular formula is C16H14Cl2O2S. The van der Waals surface area contributed by atoms with Crippen LogP contribution in [0.25, 0.3) is 0 Å². The summed E-state index contributed by atoms with van der Waals surface area (Å²) in [6, 6.07) is 13.1. The fraction of sp³-hybridized carbons (Fsp3) is 0.250. The summed E-state index contributed by atoms with van der Waals surface area (Å²) in [6.45, 7) is 0. The lowest BCUT2D eigenvalue weighted by molar-refractivity contribution is 0.0469. The zero-order valence-corrected chi connectivity index (χ0v) is 13.5. The van der Waals surface area contributed by atoms with Crippen LogP contribution in [0.5, 0.6) is 5.75 Å². The van der Waals surface area contributed by atoms with Gasteiger partial charge in [0.05, 0.1) is 6.10 Å². The van der Waals surface area contributed by atoms with Crippen LogP contribution in [0, 0.1) is 0 Å². The average molecular weight is 341 g/mol. The molecule has 1 aliphatic rings. The van der Waals surface area contributed by atoms with Crippen molar-refractivity contribution in [1.82, 2.24) is 0 Å². The van der Waals surface area contributed by atoms with Gasteiger partial charge in [-0.25, -0.2) is 0 Å². The number of halogens is 2. The van der Waals surface area contributed by atoms with E-state index < -0.39 is 6.10 Å². The van der Waals surface area contributed by atoms with Crippen LogP contribution in [0.2, 0.25) is 10.0 Å². The molecule has 2 aromatic rings. The van der Waals surface area contributed by atoms with E-state index in [1.807, 2.05) is 24.3 Å². The smallest absolute Gasteiger partial charge is 0.134 e. The monoisotopic (exact) mass is 340 g/mol. The van der Waals surface area contributed by atoms with Gasteiger partial charge < -0.3 is 9.84 Å². The van der Waals surface area contributed by atoms with E-state index in [1.54, 1.807) is 30.0 Å². The van der Waals surface area contributed by atoms with Crippen molar-refractivity contribution in [3.63, 3.8) is 0 Å². The highest BCUT2D eigenvalue weighted by atomic mass is 35.5. The fourth-order valence-electron chi connectivity index (χ4n) is 2.28. The van der Waals surface area contributed by atoms with Gasteiger partial charge in [-0.2, -0.15) is 0 Å². The quantitative estimate of drug-likeness (QED) is 0.894. The standard InChI is InChI=1S/C16H14Cl2O2S/c17-11-5-6-12(18)10(7-11)8-13(19)15-9-21-16-4-2-1-3-14(16)20-15/h1-7,13,15,19H,8-9H2. The van der Waals surface area contributed by atoms with Crippen LogP contribution in [0.1, 0.15) is 5.56 Å². The van der Waals surface area contributed by atoms with E-state index in [1.165, 1.54) is 0 Å². The van der Waals surface area contributed by atoms with Crippen molar-refractivity contribution in [2.75, 3.05) is 5.75 Å². The summed E-state index contributed by atoms with van der Waals surface area (Å²) in [5, 5.41) is 11.7. The van der Waals surface area contributed by atoms with Gasteiger partial charge in [0.25, 0.3) is 0 Å². The number of fused-ring (bicyclic) bond motifs is 1. The molecule has 1 N–H and O–H groups in total. The molecule has 1 aliphatic heterocycles. The number of aliphatic hydroxyl groups excluding tert-OH is 1. The van der Waals surface area contributed by atoms with Crippen LogP contribution >= 0.6 is 35.0 Å². The number of ether oxygens (including phenoxy) is 1. The molecule has 0 spiro atoms. The number of para-hydroxylation sites is 1. The highest BCUT2D eigenvalue weighted by Crippen LogP contribution is 2.36. The van der Waals surface area contributed by atoms with E-state index in [9.17, 15) is 5.11 Å². The average Bonchev–Trinajstić information content (AvgIpc) is 2.50. The van der Waals surface area contributed by atoms with Gasteiger partial charge in [0.2, 0.25) is 0 Å². The van der Waals surface area contributed by atoms with Gasteiger partial charge in [0.1, 0.15) is 11.9 Å². The van der Waals surface area contributed by atoms with Crippen molar-refractivity contribution in [3.8, 4) is 5.75 Å². The van der Waals surface area contributed by atoms with E-state index in [0.717, 1.165) is 22.0 Å².